The number of rotatable bonds is 2. The number of allylic oxidation sites excluding steroid dienone is 1. The standard InChI is InChI=1S/C13H11BrN2O2/c1-18-13-11(7-15)10(6-12(17)16-13)8-2-4-9(14)5-3-8/h2-5,10H,6H2,1H3,(H,16,17). The zero-order valence-electron chi connectivity index (χ0n) is 9.74. The van der Waals surface area contributed by atoms with E-state index in [0.29, 0.717) is 5.57 Å². The van der Waals surface area contributed by atoms with Crippen molar-refractivity contribution in [1.29, 1.82) is 5.26 Å². The monoisotopic (exact) mass is 306 g/mol. The van der Waals surface area contributed by atoms with Gasteiger partial charge in [-0.15, -0.1) is 0 Å². The second kappa shape index (κ2) is 5.23. The van der Waals surface area contributed by atoms with Gasteiger partial charge in [0.2, 0.25) is 11.8 Å². The van der Waals surface area contributed by atoms with Crippen LogP contribution in [-0.2, 0) is 9.53 Å². The molecule has 1 atom stereocenters. The number of nitriles is 1. The molecule has 0 fully saturated rings. The molecule has 2 rings (SSSR count). The molecular weight excluding hydrogens is 296 g/mol. The predicted molar refractivity (Wildman–Crippen MR) is 69.3 cm³/mol. The summed E-state index contributed by atoms with van der Waals surface area (Å²) in [6, 6.07) is 9.70. The third-order valence-corrected chi connectivity index (χ3v) is 3.36. The number of carbonyl (C=O) groups is 1. The Morgan fingerprint density at radius 2 is 2.11 bits per heavy atom. The molecule has 0 bridgehead atoms. The number of hydrogen-bond donors (Lipinski definition) is 1. The molecule has 0 saturated heterocycles. The molecule has 1 amide bonds. The van der Waals surface area contributed by atoms with Crippen molar-refractivity contribution in [2.45, 2.75) is 12.3 Å². The molecule has 0 aromatic heterocycles. The van der Waals surface area contributed by atoms with Gasteiger partial charge in [-0.2, -0.15) is 5.26 Å². The van der Waals surface area contributed by atoms with Crippen molar-refractivity contribution in [3.05, 3.63) is 45.8 Å². The highest BCUT2D eigenvalue weighted by atomic mass is 79.9. The minimum atomic E-state index is -0.244. The summed E-state index contributed by atoms with van der Waals surface area (Å²) in [4.78, 5) is 11.6. The van der Waals surface area contributed by atoms with Gasteiger partial charge < -0.3 is 4.74 Å². The molecular formula is C13H11BrN2O2. The highest BCUT2D eigenvalue weighted by Crippen LogP contribution is 2.32. The molecule has 92 valence electrons. The van der Waals surface area contributed by atoms with Gasteiger partial charge in [0.1, 0.15) is 6.07 Å². The van der Waals surface area contributed by atoms with Crippen LogP contribution in [0.3, 0.4) is 0 Å². The second-order valence-electron chi connectivity index (χ2n) is 3.92. The zero-order valence-corrected chi connectivity index (χ0v) is 11.3. The van der Waals surface area contributed by atoms with Gasteiger partial charge in [-0.3, -0.25) is 10.1 Å². The summed E-state index contributed by atoms with van der Waals surface area (Å²) < 4.78 is 6.02. The summed E-state index contributed by atoms with van der Waals surface area (Å²) in [6.07, 6.45) is 0.261. The third-order valence-electron chi connectivity index (χ3n) is 2.83. The van der Waals surface area contributed by atoms with Crippen LogP contribution in [0, 0.1) is 11.3 Å². The number of benzene rings is 1. The maximum Gasteiger partial charge on any atom is 0.227 e. The minimum absolute atomic E-state index is 0.140. The van der Waals surface area contributed by atoms with Gasteiger partial charge in [-0.05, 0) is 17.7 Å². The van der Waals surface area contributed by atoms with E-state index in [1.807, 2.05) is 24.3 Å². The Bertz CT molecular complexity index is 543. The Morgan fingerprint density at radius 1 is 1.44 bits per heavy atom. The van der Waals surface area contributed by atoms with Crippen LogP contribution in [0.4, 0.5) is 0 Å². The Kier molecular flexibility index (Phi) is 3.68. The van der Waals surface area contributed by atoms with Crippen molar-refractivity contribution in [2.75, 3.05) is 7.11 Å². The van der Waals surface area contributed by atoms with Crippen LogP contribution in [-0.4, -0.2) is 13.0 Å². The largest absolute Gasteiger partial charge is 0.482 e. The molecule has 1 aromatic rings. The number of amides is 1. The van der Waals surface area contributed by atoms with E-state index in [0.717, 1.165) is 10.0 Å². The van der Waals surface area contributed by atoms with Crippen LogP contribution < -0.4 is 5.32 Å². The van der Waals surface area contributed by atoms with E-state index in [-0.39, 0.29) is 24.1 Å². The fourth-order valence-electron chi connectivity index (χ4n) is 1.96. The van der Waals surface area contributed by atoms with E-state index < -0.39 is 0 Å². The number of ether oxygens (including phenoxy) is 1. The van der Waals surface area contributed by atoms with Gasteiger partial charge in [0, 0.05) is 16.8 Å². The molecule has 1 N–H and O–H groups in total. The normalized spacial score (nSPS) is 19.2. The van der Waals surface area contributed by atoms with Crippen molar-refractivity contribution >= 4 is 21.8 Å². The summed E-state index contributed by atoms with van der Waals surface area (Å²) >= 11 is 3.36. The lowest BCUT2D eigenvalue weighted by atomic mass is 9.87. The van der Waals surface area contributed by atoms with Gasteiger partial charge >= 0.3 is 0 Å². The quantitative estimate of drug-likeness (QED) is 0.913. The summed E-state index contributed by atoms with van der Waals surface area (Å²) in [6.45, 7) is 0. The molecule has 0 aliphatic carbocycles. The van der Waals surface area contributed by atoms with Crippen LogP contribution in [0.25, 0.3) is 0 Å². The summed E-state index contributed by atoms with van der Waals surface area (Å²) in [5.41, 5.74) is 1.39. The van der Waals surface area contributed by atoms with E-state index in [4.69, 9.17) is 4.74 Å². The van der Waals surface area contributed by atoms with Crippen molar-refractivity contribution in [1.82, 2.24) is 5.32 Å². The Balaban J connectivity index is 2.45. The first kappa shape index (κ1) is 12.7. The molecule has 1 aliphatic rings. The Labute approximate surface area is 113 Å². The Morgan fingerprint density at radius 3 is 2.67 bits per heavy atom. The van der Waals surface area contributed by atoms with Crippen LogP contribution in [0.1, 0.15) is 17.9 Å². The topological polar surface area (TPSA) is 62.1 Å². The van der Waals surface area contributed by atoms with Gasteiger partial charge in [-0.1, -0.05) is 28.1 Å². The number of carbonyl (C=O) groups excluding carboxylic acids is 1. The number of methoxy groups -OCH3 is 1. The molecule has 1 heterocycles. The second-order valence-corrected chi connectivity index (χ2v) is 4.83. The number of nitrogens with zero attached hydrogens (tertiary/aromatic N) is 1. The fraction of sp³-hybridized carbons (Fsp3) is 0.231. The van der Waals surface area contributed by atoms with Gasteiger partial charge in [0.15, 0.2) is 0 Å². The number of hydrogen-bond acceptors (Lipinski definition) is 3. The molecule has 1 aromatic carbocycles. The zero-order chi connectivity index (χ0) is 13.1. The third kappa shape index (κ3) is 2.39. The molecule has 0 spiro atoms. The molecule has 0 saturated carbocycles. The number of nitrogens with one attached hydrogen (secondary N) is 1. The van der Waals surface area contributed by atoms with Crippen LogP contribution in [0.15, 0.2) is 40.2 Å². The summed E-state index contributed by atoms with van der Waals surface area (Å²) in [5, 5.41) is 11.8. The van der Waals surface area contributed by atoms with E-state index in [2.05, 4.69) is 27.3 Å². The molecule has 1 unspecified atom stereocenters. The lowest BCUT2D eigenvalue weighted by Gasteiger charge is -2.24. The van der Waals surface area contributed by atoms with Crippen molar-refractivity contribution < 1.29 is 9.53 Å². The van der Waals surface area contributed by atoms with E-state index in [9.17, 15) is 10.1 Å². The maximum absolute atomic E-state index is 11.6. The molecule has 0 radical (unpaired) electrons. The smallest absolute Gasteiger partial charge is 0.227 e. The lowest BCUT2D eigenvalue weighted by Crippen LogP contribution is -2.32. The van der Waals surface area contributed by atoms with Crippen LogP contribution >= 0.6 is 15.9 Å². The average Bonchev–Trinajstić information content (AvgIpc) is 2.38. The van der Waals surface area contributed by atoms with Crippen molar-refractivity contribution in [3.63, 3.8) is 0 Å². The van der Waals surface area contributed by atoms with E-state index >= 15 is 0 Å². The van der Waals surface area contributed by atoms with E-state index in [1.54, 1.807) is 0 Å². The Hall–Kier alpha value is -1.80. The van der Waals surface area contributed by atoms with Gasteiger partial charge in [-0.25, -0.2) is 0 Å². The average molecular weight is 307 g/mol. The highest BCUT2D eigenvalue weighted by Gasteiger charge is 2.29. The predicted octanol–water partition coefficient (Wildman–Crippen LogP) is 2.43. The van der Waals surface area contributed by atoms with Crippen LogP contribution in [0.5, 0.6) is 0 Å². The van der Waals surface area contributed by atoms with Crippen molar-refractivity contribution in [3.8, 4) is 6.07 Å². The summed E-state index contributed by atoms with van der Waals surface area (Å²) in [7, 11) is 1.44. The van der Waals surface area contributed by atoms with E-state index in [1.165, 1.54) is 7.11 Å². The number of halogens is 1. The molecule has 18 heavy (non-hydrogen) atoms. The summed E-state index contributed by atoms with van der Waals surface area (Å²) in [5.74, 6) is -0.132. The minimum Gasteiger partial charge on any atom is -0.482 e. The van der Waals surface area contributed by atoms with Gasteiger partial charge in [0.05, 0.1) is 12.7 Å². The fourth-order valence-corrected chi connectivity index (χ4v) is 2.22. The first-order valence-corrected chi connectivity index (χ1v) is 6.18. The lowest BCUT2D eigenvalue weighted by molar-refractivity contribution is -0.122. The first-order valence-electron chi connectivity index (χ1n) is 5.39. The molecule has 4 nitrogen and oxygen atoms in total. The van der Waals surface area contributed by atoms with Crippen LogP contribution in [0.2, 0.25) is 0 Å². The molecule has 5 heteroatoms. The first-order chi connectivity index (χ1) is 8.65. The van der Waals surface area contributed by atoms with Crippen molar-refractivity contribution in [2.24, 2.45) is 0 Å². The highest BCUT2D eigenvalue weighted by molar-refractivity contribution is 9.10. The maximum atomic E-state index is 11.6. The molecule has 1 aliphatic heterocycles. The van der Waals surface area contributed by atoms with Gasteiger partial charge in [0.25, 0.3) is 0 Å². The SMILES string of the molecule is COC1=C(C#N)C(c2ccc(Br)cc2)CC(=O)N1.